The summed E-state index contributed by atoms with van der Waals surface area (Å²) in [6.45, 7) is 12.5. The highest BCUT2D eigenvalue weighted by Crippen LogP contribution is 2.47. The molecule has 0 aromatic carbocycles. The van der Waals surface area contributed by atoms with Gasteiger partial charge in [0.05, 0.1) is 0 Å². The van der Waals surface area contributed by atoms with Crippen LogP contribution in [0.4, 0.5) is 0 Å². The summed E-state index contributed by atoms with van der Waals surface area (Å²) < 4.78 is 0. The van der Waals surface area contributed by atoms with Crippen LogP contribution in [0.25, 0.3) is 0 Å². The minimum absolute atomic E-state index is 0.416. The van der Waals surface area contributed by atoms with Crippen LogP contribution in [0.15, 0.2) is 12.2 Å². The average molecular weight is 179 g/mol. The van der Waals surface area contributed by atoms with E-state index in [9.17, 15) is 0 Å². The Hall–Kier alpha value is -0.300. The van der Waals surface area contributed by atoms with Gasteiger partial charge in [0.25, 0.3) is 0 Å². The molecule has 74 valence electrons. The summed E-state index contributed by atoms with van der Waals surface area (Å²) in [5.74, 6) is 0.906. The van der Waals surface area contributed by atoms with Gasteiger partial charge in [-0.05, 0) is 45.6 Å². The molecule has 1 heterocycles. The van der Waals surface area contributed by atoms with E-state index in [0.717, 1.165) is 5.92 Å². The molecular weight excluding hydrogens is 158 g/mol. The van der Waals surface area contributed by atoms with Gasteiger partial charge in [0.1, 0.15) is 0 Å². The van der Waals surface area contributed by atoms with Crippen molar-refractivity contribution in [2.45, 2.75) is 51.6 Å². The van der Waals surface area contributed by atoms with E-state index in [0.29, 0.717) is 11.6 Å². The maximum atomic E-state index is 4.22. The van der Waals surface area contributed by atoms with E-state index in [1.807, 2.05) is 0 Å². The molecule has 1 nitrogen and oxygen atoms in total. The molecule has 0 amide bonds. The molecule has 0 radical (unpaired) electrons. The van der Waals surface area contributed by atoms with Crippen molar-refractivity contribution in [3.8, 4) is 0 Å². The number of rotatable bonds is 1. The monoisotopic (exact) mass is 179 g/mol. The van der Waals surface area contributed by atoms with E-state index in [2.05, 4.69) is 32.3 Å². The van der Waals surface area contributed by atoms with E-state index in [4.69, 9.17) is 0 Å². The summed E-state index contributed by atoms with van der Waals surface area (Å²) in [6, 6.07) is 0.693. The molecule has 2 atom stereocenters. The molecule has 1 saturated heterocycles. The predicted octanol–water partition coefficient (Wildman–Crippen LogP) is 2.83. The number of fused-ring (bicyclic) bond motifs is 2. The number of likely N-dealkylation sites (N-methyl/N-ethyl adjacent to an activating group) is 1. The molecule has 13 heavy (non-hydrogen) atoms. The van der Waals surface area contributed by atoms with E-state index in [-0.39, 0.29) is 0 Å². The fraction of sp³-hybridized carbons (Fsp3) is 0.833. The van der Waals surface area contributed by atoms with Gasteiger partial charge in [-0.15, -0.1) is 0 Å². The second-order valence-electron chi connectivity index (χ2n) is 5.09. The van der Waals surface area contributed by atoms with Crippen LogP contribution in [-0.4, -0.2) is 23.0 Å². The zero-order valence-corrected chi connectivity index (χ0v) is 9.14. The Morgan fingerprint density at radius 2 is 2.23 bits per heavy atom. The van der Waals surface area contributed by atoms with E-state index in [1.54, 1.807) is 0 Å². The fourth-order valence-corrected chi connectivity index (χ4v) is 3.33. The molecule has 0 aromatic heterocycles. The van der Waals surface area contributed by atoms with Crippen LogP contribution in [0.5, 0.6) is 0 Å². The van der Waals surface area contributed by atoms with Crippen LogP contribution in [0.3, 0.4) is 0 Å². The van der Waals surface area contributed by atoms with Gasteiger partial charge in [0.2, 0.25) is 0 Å². The SMILES string of the molecule is C=C1CCC2CC1N(CC)C2(C)C. The number of nitrogens with zero attached hydrogens (tertiary/aromatic N) is 1. The largest absolute Gasteiger partial charge is 0.292 e. The van der Waals surface area contributed by atoms with Crippen molar-refractivity contribution in [2.24, 2.45) is 5.92 Å². The van der Waals surface area contributed by atoms with Crippen LogP contribution < -0.4 is 0 Å². The first-order valence-corrected chi connectivity index (χ1v) is 5.51. The van der Waals surface area contributed by atoms with Crippen LogP contribution >= 0.6 is 0 Å². The Labute approximate surface area is 81.8 Å². The summed E-state index contributed by atoms with van der Waals surface area (Å²) in [5.41, 5.74) is 1.89. The summed E-state index contributed by atoms with van der Waals surface area (Å²) in [6.07, 6.45) is 3.98. The van der Waals surface area contributed by atoms with Gasteiger partial charge in [0.15, 0.2) is 0 Å². The summed E-state index contributed by atoms with van der Waals surface area (Å²) in [5, 5.41) is 0. The Balaban J connectivity index is 2.30. The first kappa shape index (κ1) is 9.26. The lowest BCUT2D eigenvalue weighted by atomic mass is 9.80. The second-order valence-corrected chi connectivity index (χ2v) is 5.09. The zero-order valence-electron chi connectivity index (χ0n) is 9.14. The average Bonchev–Trinajstić information content (AvgIpc) is 2.28. The van der Waals surface area contributed by atoms with Gasteiger partial charge in [-0.3, -0.25) is 4.90 Å². The quantitative estimate of drug-likeness (QED) is 0.559. The Kier molecular flexibility index (Phi) is 2.03. The van der Waals surface area contributed by atoms with E-state index >= 15 is 0 Å². The van der Waals surface area contributed by atoms with Crippen LogP contribution in [0.1, 0.15) is 40.0 Å². The number of likely N-dealkylation sites (tertiary alicyclic amines) is 1. The molecule has 1 saturated carbocycles. The van der Waals surface area contributed by atoms with Crippen molar-refractivity contribution in [1.29, 1.82) is 0 Å². The standard InChI is InChI=1S/C12H21N/c1-5-13-11-8-10(12(13,3)4)7-6-9(11)2/h10-11H,2,5-8H2,1,3-4H3. The molecule has 1 heteroatoms. The molecule has 2 aliphatic rings. The maximum absolute atomic E-state index is 4.22. The minimum Gasteiger partial charge on any atom is -0.292 e. The lowest BCUT2D eigenvalue weighted by molar-refractivity contribution is 0.132. The molecule has 2 rings (SSSR count). The van der Waals surface area contributed by atoms with Gasteiger partial charge >= 0.3 is 0 Å². The Morgan fingerprint density at radius 1 is 1.54 bits per heavy atom. The smallest absolute Gasteiger partial charge is 0.0313 e. The molecule has 0 N–H and O–H groups in total. The lowest BCUT2D eigenvalue weighted by Gasteiger charge is -2.35. The highest BCUT2D eigenvalue weighted by atomic mass is 15.3. The molecule has 0 spiro atoms. The van der Waals surface area contributed by atoms with Gasteiger partial charge in [-0.25, -0.2) is 0 Å². The highest BCUT2D eigenvalue weighted by molar-refractivity contribution is 5.19. The van der Waals surface area contributed by atoms with Crippen LogP contribution in [-0.2, 0) is 0 Å². The molecule has 1 aliphatic carbocycles. The molecular formula is C12H21N. The van der Waals surface area contributed by atoms with Crippen molar-refractivity contribution in [2.75, 3.05) is 6.54 Å². The van der Waals surface area contributed by atoms with Crippen molar-refractivity contribution in [1.82, 2.24) is 4.90 Å². The Morgan fingerprint density at radius 3 is 2.85 bits per heavy atom. The molecule has 2 unspecified atom stereocenters. The third-order valence-corrected chi connectivity index (χ3v) is 4.25. The van der Waals surface area contributed by atoms with Crippen LogP contribution in [0.2, 0.25) is 0 Å². The maximum Gasteiger partial charge on any atom is 0.0313 e. The number of hydrogen-bond donors (Lipinski definition) is 0. The van der Waals surface area contributed by atoms with E-state index in [1.165, 1.54) is 31.4 Å². The third kappa shape index (κ3) is 1.17. The highest BCUT2D eigenvalue weighted by Gasteiger charge is 2.48. The second kappa shape index (κ2) is 2.84. The van der Waals surface area contributed by atoms with Crippen molar-refractivity contribution >= 4 is 0 Å². The summed E-state index contributed by atoms with van der Waals surface area (Å²) in [7, 11) is 0. The number of hydrogen-bond acceptors (Lipinski definition) is 1. The fourth-order valence-electron chi connectivity index (χ4n) is 3.33. The van der Waals surface area contributed by atoms with Crippen molar-refractivity contribution < 1.29 is 0 Å². The molecule has 2 bridgehead atoms. The summed E-state index contributed by atoms with van der Waals surface area (Å²) >= 11 is 0. The topological polar surface area (TPSA) is 3.24 Å². The Bertz CT molecular complexity index is 229. The molecule has 0 aromatic rings. The van der Waals surface area contributed by atoms with Gasteiger partial charge in [-0.1, -0.05) is 19.1 Å². The first-order valence-electron chi connectivity index (χ1n) is 5.51. The minimum atomic E-state index is 0.416. The molecule has 1 aliphatic heterocycles. The zero-order chi connectivity index (χ0) is 9.64. The predicted molar refractivity (Wildman–Crippen MR) is 56.7 cm³/mol. The van der Waals surface area contributed by atoms with Gasteiger partial charge < -0.3 is 0 Å². The van der Waals surface area contributed by atoms with Gasteiger partial charge in [-0.2, -0.15) is 0 Å². The third-order valence-electron chi connectivity index (χ3n) is 4.25. The first-order chi connectivity index (χ1) is 6.07. The lowest BCUT2D eigenvalue weighted by Crippen LogP contribution is -2.44. The summed E-state index contributed by atoms with van der Waals surface area (Å²) in [4.78, 5) is 2.65. The van der Waals surface area contributed by atoms with Crippen molar-refractivity contribution in [3.05, 3.63) is 12.2 Å². The van der Waals surface area contributed by atoms with E-state index < -0.39 is 0 Å². The molecule has 2 fully saturated rings. The van der Waals surface area contributed by atoms with Gasteiger partial charge in [0, 0.05) is 11.6 Å². The van der Waals surface area contributed by atoms with Crippen molar-refractivity contribution in [3.63, 3.8) is 0 Å². The van der Waals surface area contributed by atoms with Crippen LogP contribution in [0, 0.1) is 5.92 Å². The normalized spacial score (nSPS) is 38.2.